The van der Waals surface area contributed by atoms with Gasteiger partial charge in [0.2, 0.25) is 5.91 Å². The molecular weight excluding hydrogens is 206 g/mol. The summed E-state index contributed by atoms with van der Waals surface area (Å²) in [5.41, 5.74) is 0.854. The number of amides is 1. The van der Waals surface area contributed by atoms with E-state index in [2.05, 4.69) is 10.4 Å². The highest BCUT2D eigenvalue weighted by molar-refractivity contribution is 5.91. The second-order valence-electron chi connectivity index (χ2n) is 3.51. The van der Waals surface area contributed by atoms with E-state index < -0.39 is 0 Å². The highest BCUT2D eigenvalue weighted by atomic mass is 16.3. The van der Waals surface area contributed by atoms with Crippen LogP contribution < -0.4 is 5.32 Å². The first-order valence-electron chi connectivity index (χ1n) is 5.24. The van der Waals surface area contributed by atoms with Crippen molar-refractivity contribution in [3.8, 4) is 0 Å². The van der Waals surface area contributed by atoms with E-state index in [0.29, 0.717) is 6.42 Å². The number of aliphatic hydroxyl groups is 1. The molecule has 2 N–H and O–H groups in total. The van der Waals surface area contributed by atoms with Crippen LogP contribution in [0.5, 0.6) is 0 Å². The van der Waals surface area contributed by atoms with Gasteiger partial charge in [-0.05, 0) is 18.6 Å². The van der Waals surface area contributed by atoms with Crippen LogP contribution in [-0.2, 0) is 11.8 Å². The molecule has 1 rings (SSSR count). The van der Waals surface area contributed by atoms with Crippen molar-refractivity contribution in [3.63, 3.8) is 0 Å². The summed E-state index contributed by atoms with van der Waals surface area (Å²) in [5, 5.41) is 15.6. The molecule has 0 aromatic carbocycles. The molecule has 0 aliphatic rings. The van der Waals surface area contributed by atoms with Crippen LogP contribution in [-0.4, -0.2) is 33.4 Å². The van der Waals surface area contributed by atoms with Crippen molar-refractivity contribution in [2.45, 2.75) is 19.4 Å². The van der Waals surface area contributed by atoms with Gasteiger partial charge in [0.1, 0.15) is 0 Å². The predicted molar refractivity (Wildman–Crippen MR) is 61.5 cm³/mol. The summed E-state index contributed by atoms with van der Waals surface area (Å²) in [4.78, 5) is 11.4. The summed E-state index contributed by atoms with van der Waals surface area (Å²) in [5.74, 6) is -0.206. The van der Waals surface area contributed by atoms with Gasteiger partial charge >= 0.3 is 0 Å². The molecule has 1 heterocycles. The quantitative estimate of drug-likeness (QED) is 0.706. The number of carbonyl (C=O) groups is 1. The molecule has 16 heavy (non-hydrogen) atoms. The zero-order valence-electron chi connectivity index (χ0n) is 9.55. The van der Waals surface area contributed by atoms with Crippen LogP contribution in [0.25, 0.3) is 6.08 Å². The number of aryl methyl sites for hydroxylation is 1. The molecule has 0 aliphatic heterocycles. The Labute approximate surface area is 94.8 Å². The smallest absolute Gasteiger partial charge is 0.244 e. The highest BCUT2D eigenvalue weighted by Crippen LogP contribution is 1.99. The van der Waals surface area contributed by atoms with Crippen LogP contribution in [0, 0.1) is 0 Å². The summed E-state index contributed by atoms with van der Waals surface area (Å²) in [6, 6.07) is 1.64. The van der Waals surface area contributed by atoms with Crippen molar-refractivity contribution in [1.82, 2.24) is 15.1 Å². The third-order valence-electron chi connectivity index (χ3n) is 2.32. The first-order valence-corrected chi connectivity index (χ1v) is 5.24. The summed E-state index contributed by atoms with van der Waals surface area (Å²) < 4.78 is 1.67. The molecule has 0 radical (unpaired) electrons. The summed E-state index contributed by atoms with van der Waals surface area (Å²) in [6.07, 6.45) is 5.50. The molecule has 1 aromatic rings. The number of hydrogen-bond acceptors (Lipinski definition) is 3. The molecule has 88 valence electrons. The number of hydrogen-bond donors (Lipinski definition) is 2. The molecule has 1 atom stereocenters. The first-order chi connectivity index (χ1) is 7.67. The van der Waals surface area contributed by atoms with Gasteiger partial charge in [0.15, 0.2) is 0 Å². The molecule has 0 fully saturated rings. The fourth-order valence-electron chi connectivity index (χ4n) is 1.23. The van der Waals surface area contributed by atoms with Gasteiger partial charge in [0.25, 0.3) is 0 Å². The van der Waals surface area contributed by atoms with Gasteiger partial charge in [-0.15, -0.1) is 0 Å². The standard InChI is InChI=1S/C11H17N3O2/c1-3-9(8-15)13-11(16)5-4-10-6-7-12-14(10)2/h4-7,9,15H,3,8H2,1-2H3,(H,13,16)/b5-4+. The molecule has 0 saturated carbocycles. The Balaban J connectivity index is 2.51. The van der Waals surface area contributed by atoms with Crippen molar-refractivity contribution in [2.24, 2.45) is 7.05 Å². The zero-order chi connectivity index (χ0) is 12.0. The predicted octanol–water partition coefficient (Wildman–Crippen LogP) is 0.320. The van der Waals surface area contributed by atoms with Gasteiger partial charge in [0.05, 0.1) is 18.3 Å². The third-order valence-corrected chi connectivity index (χ3v) is 2.32. The van der Waals surface area contributed by atoms with Crippen LogP contribution >= 0.6 is 0 Å². The Morgan fingerprint density at radius 3 is 3.00 bits per heavy atom. The summed E-state index contributed by atoms with van der Waals surface area (Å²) >= 11 is 0. The van der Waals surface area contributed by atoms with Crippen LogP contribution in [0.15, 0.2) is 18.3 Å². The normalized spacial score (nSPS) is 12.9. The lowest BCUT2D eigenvalue weighted by Crippen LogP contribution is -2.35. The number of nitrogens with zero attached hydrogens (tertiary/aromatic N) is 2. The molecule has 0 saturated heterocycles. The topological polar surface area (TPSA) is 67.2 Å². The van der Waals surface area contributed by atoms with E-state index in [0.717, 1.165) is 5.69 Å². The first kappa shape index (κ1) is 12.4. The lowest BCUT2D eigenvalue weighted by atomic mass is 10.2. The molecule has 0 spiro atoms. The minimum Gasteiger partial charge on any atom is -0.394 e. The van der Waals surface area contributed by atoms with Crippen LogP contribution in [0.4, 0.5) is 0 Å². The average molecular weight is 223 g/mol. The Morgan fingerprint density at radius 2 is 2.50 bits per heavy atom. The summed E-state index contributed by atoms with van der Waals surface area (Å²) in [6.45, 7) is 1.87. The molecule has 5 nitrogen and oxygen atoms in total. The SMILES string of the molecule is CCC(CO)NC(=O)/C=C/c1ccnn1C. The van der Waals surface area contributed by atoms with Crippen LogP contribution in [0.3, 0.4) is 0 Å². The van der Waals surface area contributed by atoms with Gasteiger partial charge in [-0.25, -0.2) is 0 Å². The lowest BCUT2D eigenvalue weighted by Gasteiger charge is -2.11. The molecule has 5 heteroatoms. The van der Waals surface area contributed by atoms with Crippen LogP contribution in [0.2, 0.25) is 0 Å². The molecule has 1 amide bonds. The number of carbonyl (C=O) groups excluding carboxylic acids is 1. The Hall–Kier alpha value is -1.62. The van der Waals surface area contributed by atoms with Gasteiger partial charge in [0, 0.05) is 19.3 Å². The molecule has 0 aliphatic carbocycles. The second kappa shape index (κ2) is 6.07. The minimum atomic E-state index is -0.206. The number of nitrogens with one attached hydrogen (secondary N) is 1. The number of aliphatic hydroxyl groups excluding tert-OH is 1. The zero-order valence-corrected chi connectivity index (χ0v) is 9.55. The number of rotatable bonds is 5. The Bertz CT molecular complexity index is 367. The van der Waals surface area contributed by atoms with Gasteiger partial charge in [-0.2, -0.15) is 5.10 Å². The van der Waals surface area contributed by atoms with Gasteiger partial charge in [-0.3, -0.25) is 9.48 Å². The fourth-order valence-corrected chi connectivity index (χ4v) is 1.23. The fraction of sp³-hybridized carbons (Fsp3) is 0.455. The van der Waals surface area contributed by atoms with Gasteiger partial charge in [-0.1, -0.05) is 6.92 Å². The van der Waals surface area contributed by atoms with E-state index in [4.69, 9.17) is 5.11 Å². The van der Waals surface area contributed by atoms with Crippen molar-refractivity contribution in [3.05, 3.63) is 24.0 Å². The van der Waals surface area contributed by atoms with E-state index in [9.17, 15) is 4.79 Å². The van der Waals surface area contributed by atoms with E-state index in [-0.39, 0.29) is 18.6 Å². The monoisotopic (exact) mass is 223 g/mol. The molecule has 1 unspecified atom stereocenters. The molecule has 0 bridgehead atoms. The van der Waals surface area contributed by atoms with E-state index in [1.165, 1.54) is 6.08 Å². The maximum Gasteiger partial charge on any atom is 0.244 e. The van der Waals surface area contributed by atoms with Crippen LogP contribution in [0.1, 0.15) is 19.0 Å². The Kier molecular flexibility index (Phi) is 4.72. The van der Waals surface area contributed by atoms with Crippen molar-refractivity contribution < 1.29 is 9.90 Å². The maximum absolute atomic E-state index is 11.4. The molecule has 1 aromatic heterocycles. The minimum absolute atomic E-state index is 0.0399. The van der Waals surface area contributed by atoms with E-state index in [1.54, 1.807) is 24.0 Å². The van der Waals surface area contributed by atoms with Crippen molar-refractivity contribution in [1.29, 1.82) is 0 Å². The second-order valence-corrected chi connectivity index (χ2v) is 3.51. The largest absolute Gasteiger partial charge is 0.394 e. The van der Waals surface area contributed by atoms with Gasteiger partial charge < -0.3 is 10.4 Å². The number of aromatic nitrogens is 2. The lowest BCUT2D eigenvalue weighted by molar-refractivity contribution is -0.117. The van der Waals surface area contributed by atoms with Crippen molar-refractivity contribution >= 4 is 12.0 Å². The average Bonchev–Trinajstić information content (AvgIpc) is 2.69. The van der Waals surface area contributed by atoms with E-state index in [1.807, 2.05) is 13.0 Å². The third kappa shape index (κ3) is 3.51. The maximum atomic E-state index is 11.4. The van der Waals surface area contributed by atoms with E-state index >= 15 is 0 Å². The highest BCUT2D eigenvalue weighted by Gasteiger charge is 2.06. The molecular formula is C11H17N3O2. The van der Waals surface area contributed by atoms with Crippen molar-refractivity contribution in [2.75, 3.05) is 6.61 Å². The summed E-state index contributed by atoms with van der Waals surface area (Å²) in [7, 11) is 1.81. The Morgan fingerprint density at radius 1 is 1.75 bits per heavy atom.